The Labute approximate surface area is 277 Å². The summed E-state index contributed by atoms with van der Waals surface area (Å²) >= 11 is 0. The average molecular weight is 713 g/mol. The number of carbonyl (C=O) groups is 2. The van der Waals surface area contributed by atoms with E-state index >= 15 is 0 Å². The summed E-state index contributed by atoms with van der Waals surface area (Å²) in [5.41, 5.74) is 1.44. The number of amides is 2. The third kappa shape index (κ3) is 18.7. The van der Waals surface area contributed by atoms with Gasteiger partial charge in [0.05, 0.1) is 11.1 Å². The number of aromatic nitrogens is 2. The van der Waals surface area contributed by atoms with E-state index in [4.69, 9.17) is 0 Å². The van der Waals surface area contributed by atoms with Gasteiger partial charge in [-0.1, -0.05) is 78.1 Å². The molecule has 2 N–H and O–H groups in total. The lowest BCUT2D eigenvalue weighted by Gasteiger charge is -2.07. The molecule has 42 heavy (non-hydrogen) atoms. The first-order valence-electron chi connectivity index (χ1n) is 16.2. The molecule has 238 valence electrons. The van der Waals surface area contributed by atoms with Crippen molar-refractivity contribution in [1.29, 1.82) is 0 Å². The van der Waals surface area contributed by atoms with Crippen LogP contribution in [-0.4, -0.2) is 24.9 Å². The highest BCUT2D eigenvalue weighted by molar-refractivity contribution is 5.94. The van der Waals surface area contributed by atoms with Crippen LogP contribution < -0.4 is 53.7 Å². The highest BCUT2D eigenvalue weighted by atomic mass is 79.9. The normalized spacial score (nSPS) is 10.4. The van der Waals surface area contributed by atoms with Crippen LogP contribution in [0, 0.1) is 0 Å². The lowest BCUT2D eigenvalue weighted by atomic mass is 10.1. The fourth-order valence-electron chi connectivity index (χ4n) is 4.88. The molecule has 2 rings (SSSR count). The highest BCUT2D eigenvalue weighted by Gasteiger charge is 2.09. The summed E-state index contributed by atoms with van der Waals surface area (Å²) in [7, 11) is 0. The SMILES string of the molecule is CCCCCCCC[n+]1ccc(C(=O)NCCCCCCNC(=O)c2cc[n+](CCCCCCCC)cc2)cc1.[Br-].[Br-]. The third-order valence-corrected chi connectivity index (χ3v) is 7.52. The van der Waals surface area contributed by atoms with E-state index in [1.165, 1.54) is 77.0 Å². The van der Waals surface area contributed by atoms with Gasteiger partial charge in [0.15, 0.2) is 24.8 Å². The molecule has 0 bridgehead atoms. The van der Waals surface area contributed by atoms with Gasteiger partial charge in [0.2, 0.25) is 0 Å². The Bertz CT molecular complexity index is 862. The number of hydrogen-bond acceptors (Lipinski definition) is 2. The van der Waals surface area contributed by atoms with Crippen LogP contribution >= 0.6 is 0 Å². The minimum Gasteiger partial charge on any atom is -1.00 e. The predicted octanol–water partition coefficient (Wildman–Crippen LogP) is 0.711. The van der Waals surface area contributed by atoms with Crippen molar-refractivity contribution in [1.82, 2.24) is 10.6 Å². The van der Waals surface area contributed by atoms with Gasteiger partial charge >= 0.3 is 0 Å². The lowest BCUT2D eigenvalue weighted by Crippen LogP contribution is -3.00. The van der Waals surface area contributed by atoms with Crippen LogP contribution in [0.15, 0.2) is 49.1 Å². The summed E-state index contributed by atoms with van der Waals surface area (Å²) in [5, 5.41) is 6.06. The number of halogens is 2. The Morgan fingerprint density at radius 1 is 0.500 bits per heavy atom. The van der Waals surface area contributed by atoms with Crippen molar-refractivity contribution in [3.63, 3.8) is 0 Å². The van der Waals surface area contributed by atoms with Crippen LogP contribution in [0.25, 0.3) is 0 Å². The second-order valence-corrected chi connectivity index (χ2v) is 11.1. The minimum absolute atomic E-state index is 0. The maximum absolute atomic E-state index is 12.4. The standard InChI is InChI=1S/C34H54N4O2.2BrH/c1-3-5-7-9-13-17-25-37-27-19-31(20-28-37)33(39)35-23-15-11-12-16-24-36-34(40)32-21-29-38(30-22-32)26-18-14-10-8-6-4-2;;/h19-22,27-30H,3-18,23-26H2,1-2H3;2*1H. The van der Waals surface area contributed by atoms with Gasteiger partial charge in [-0.3, -0.25) is 9.59 Å². The Morgan fingerprint density at radius 2 is 0.810 bits per heavy atom. The molecule has 2 amide bonds. The molecule has 0 radical (unpaired) electrons. The van der Waals surface area contributed by atoms with Crippen molar-refractivity contribution in [2.45, 2.75) is 130 Å². The molecule has 0 spiro atoms. The Hall–Kier alpha value is -1.80. The van der Waals surface area contributed by atoms with Crippen molar-refractivity contribution < 1.29 is 52.7 Å². The fraction of sp³-hybridized carbons (Fsp3) is 0.647. The van der Waals surface area contributed by atoms with Gasteiger partial charge in [-0.15, -0.1) is 0 Å². The Kier molecular flexibility index (Phi) is 25.7. The number of rotatable bonds is 23. The zero-order valence-corrected chi connectivity index (χ0v) is 29.4. The molecule has 2 aromatic rings. The fourth-order valence-corrected chi connectivity index (χ4v) is 4.88. The summed E-state index contributed by atoms with van der Waals surface area (Å²) in [6.45, 7) is 7.88. The molecule has 2 heterocycles. The molecule has 0 saturated heterocycles. The molecule has 0 aromatic carbocycles. The molecule has 0 fully saturated rings. The summed E-state index contributed by atoms with van der Waals surface area (Å²) in [6.07, 6.45) is 27.5. The van der Waals surface area contributed by atoms with E-state index in [0.717, 1.165) is 49.9 Å². The van der Waals surface area contributed by atoms with Gasteiger partial charge in [0, 0.05) is 50.2 Å². The second kappa shape index (κ2) is 26.8. The van der Waals surface area contributed by atoms with Crippen LogP contribution in [0.4, 0.5) is 0 Å². The summed E-state index contributed by atoms with van der Waals surface area (Å²) < 4.78 is 4.33. The van der Waals surface area contributed by atoms with Crippen molar-refractivity contribution in [3.8, 4) is 0 Å². The molecule has 8 heteroatoms. The van der Waals surface area contributed by atoms with E-state index < -0.39 is 0 Å². The quantitative estimate of drug-likeness (QED) is 0.132. The second-order valence-electron chi connectivity index (χ2n) is 11.1. The van der Waals surface area contributed by atoms with Gasteiger partial charge in [-0.2, -0.15) is 0 Å². The summed E-state index contributed by atoms with van der Waals surface area (Å²) in [4.78, 5) is 24.8. The molecular weight excluding hydrogens is 656 g/mol. The summed E-state index contributed by atoms with van der Waals surface area (Å²) in [5.74, 6) is -0.00901. The maximum atomic E-state index is 12.4. The van der Waals surface area contributed by atoms with Crippen LogP contribution in [-0.2, 0) is 13.1 Å². The molecule has 0 saturated carbocycles. The van der Waals surface area contributed by atoms with Crippen molar-refractivity contribution in [3.05, 3.63) is 60.2 Å². The number of carbonyl (C=O) groups excluding carboxylic acids is 2. The average Bonchev–Trinajstić information content (AvgIpc) is 2.98. The van der Waals surface area contributed by atoms with Crippen LogP contribution in [0.5, 0.6) is 0 Å². The van der Waals surface area contributed by atoms with Gasteiger partial charge in [0.1, 0.15) is 13.1 Å². The zero-order chi connectivity index (χ0) is 28.7. The van der Waals surface area contributed by atoms with E-state index in [2.05, 4.69) is 33.6 Å². The first-order chi connectivity index (χ1) is 19.6. The number of aryl methyl sites for hydroxylation is 2. The summed E-state index contributed by atoms with van der Waals surface area (Å²) in [6, 6.07) is 7.65. The third-order valence-electron chi connectivity index (χ3n) is 7.52. The van der Waals surface area contributed by atoms with E-state index in [1.807, 2.05) is 49.1 Å². The zero-order valence-electron chi connectivity index (χ0n) is 26.2. The number of hydrogen-bond donors (Lipinski definition) is 2. The Balaban J connectivity index is 0.00000840. The molecule has 0 aliphatic rings. The lowest BCUT2D eigenvalue weighted by molar-refractivity contribution is -0.697. The first-order valence-corrected chi connectivity index (χ1v) is 16.2. The molecule has 2 aromatic heterocycles. The first kappa shape index (κ1) is 40.2. The molecule has 0 aliphatic carbocycles. The monoisotopic (exact) mass is 710 g/mol. The van der Waals surface area contributed by atoms with Crippen LogP contribution in [0.2, 0.25) is 0 Å². The van der Waals surface area contributed by atoms with Crippen LogP contribution in [0.3, 0.4) is 0 Å². The van der Waals surface area contributed by atoms with E-state index in [0.29, 0.717) is 13.1 Å². The van der Waals surface area contributed by atoms with Gasteiger partial charge in [0.25, 0.3) is 11.8 Å². The number of nitrogens with zero attached hydrogens (tertiary/aromatic N) is 2. The van der Waals surface area contributed by atoms with Crippen LogP contribution in [0.1, 0.15) is 137 Å². The number of unbranched alkanes of at least 4 members (excludes halogenated alkanes) is 13. The van der Waals surface area contributed by atoms with Gasteiger partial charge in [-0.05, 0) is 25.7 Å². The maximum Gasteiger partial charge on any atom is 0.251 e. The topological polar surface area (TPSA) is 66.0 Å². The van der Waals surface area contributed by atoms with Crippen molar-refractivity contribution in [2.24, 2.45) is 0 Å². The van der Waals surface area contributed by atoms with E-state index in [1.54, 1.807) is 0 Å². The highest BCUT2D eigenvalue weighted by Crippen LogP contribution is 2.06. The molecular formula is C34H56Br2N4O2. The van der Waals surface area contributed by atoms with Crippen molar-refractivity contribution >= 4 is 11.8 Å². The van der Waals surface area contributed by atoms with Crippen molar-refractivity contribution in [2.75, 3.05) is 13.1 Å². The minimum atomic E-state index is -0.00451. The Morgan fingerprint density at radius 3 is 1.17 bits per heavy atom. The van der Waals surface area contributed by atoms with E-state index in [-0.39, 0.29) is 45.8 Å². The molecule has 0 aliphatic heterocycles. The van der Waals surface area contributed by atoms with Gasteiger partial charge < -0.3 is 44.6 Å². The number of nitrogens with one attached hydrogen (secondary N) is 2. The largest absolute Gasteiger partial charge is 1.00 e. The predicted molar refractivity (Wildman–Crippen MR) is 163 cm³/mol. The van der Waals surface area contributed by atoms with E-state index in [9.17, 15) is 9.59 Å². The smallest absolute Gasteiger partial charge is 0.251 e. The number of pyridine rings is 2. The molecule has 0 unspecified atom stereocenters. The molecule has 6 nitrogen and oxygen atoms in total. The van der Waals surface area contributed by atoms with Gasteiger partial charge in [-0.25, -0.2) is 9.13 Å². The molecule has 0 atom stereocenters.